The van der Waals surface area contributed by atoms with Crippen LogP contribution in [0.5, 0.6) is 0 Å². The molecule has 2 saturated heterocycles. The van der Waals surface area contributed by atoms with Gasteiger partial charge in [0.2, 0.25) is 5.91 Å². The molecule has 0 aliphatic carbocycles. The zero-order valence-corrected chi connectivity index (χ0v) is 16.9. The van der Waals surface area contributed by atoms with E-state index in [2.05, 4.69) is 4.90 Å². The number of carbonyl (C=O) groups is 1. The molecule has 0 bridgehead atoms. The lowest BCUT2D eigenvalue weighted by molar-refractivity contribution is -0.119. The van der Waals surface area contributed by atoms with Crippen LogP contribution in [0.15, 0.2) is 48.5 Å². The third kappa shape index (κ3) is 4.20. The maximum atomic E-state index is 14.2. The van der Waals surface area contributed by atoms with E-state index in [1.807, 2.05) is 24.0 Å². The van der Waals surface area contributed by atoms with Crippen LogP contribution in [0.2, 0.25) is 0 Å². The van der Waals surface area contributed by atoms with Gasteiger partial charge in [0.05, 0.1) is 0 Å². The van der Waals surface area contributed by atoms with Gasteiger partial charge in [0.15, 0.2) is 0 Å². The van der Waals surface area contributed by atoms with Crippen molar-refractivity contribution in [1.29, 1.82) is 0 Å². The Labute approximate surface area is 171 Å². The molecular formula is C24H28F2N2O. The molecule has 29 heavy (non-hydrogen) atoms. The number of fused-ring (bicyclic) bond motifs is 1. The van der Waals surface area contributed by atoms with Gasteiger partial charge in [-0.05, 0) is 67.5 Å². The van der Waals surface area contributed by atoms with E-state index in [9.17, 15) is 13.6 Å². The van der Waals surface area contributed by atoms with Crippen molar-refractivity contribution in [2.45, 2.75) is 57.0 Å². The number of rotatable bonds is 4. The zero-order valence-electron chi connectivity index (χ0n) is 16.9. The first-order chi connectivity index (χ1) is 14.1. The molecule has 2 fully saturated rings. The fourth-order valence-electron chi connectivity index (χ4n) is 5.01. The van der Waals surface area contributed by atoms with Gasteiger partial charge in [-0.15, -0.1) is 0 Å². The Morgan fingerprint density at radius 1 is 1.07 bits per heavy atom. The number of hydrogen-bond acceptors (Lipinski definition) is 2. The largest absolute Gasteiger partial charge is 0.309 e. The quantitative estimate of drug-likeness (QED) is 0.714. The maximum Gasteiger partial charge on any atom is 0.226 e. The topological polar surface area (TPSA) is 23.6 Å². The van der Waals surface area contributed by atoms with Crippen LogP contribution >= 0.6 is 0 Å². The zero-order chi connectivity index (χ0) is 20.4. The Kier molecular flexibility index (Phi) is 5.95. The number of benzene rings is 2. The summed E-state index contributed by atoms with van der Waals surface area (Å²) in [5.41, 5.74) is 1.60. The first kappa shape index (κ1) is 20.0. The summed E-state index contributed by atoms with van der Waals surface area (Å²) in [5.74, 6) is -0.0922. The average Bonchev–Trinajstić information content (AvgIpc) is 2.75. The summed E-state index contributed by atoms with van der Waals surface area (Å²) < 4.78 is 27.6. The molecule has 2 aliphatic heterocycles. The van der Waals surface area contributed by atoms with Crippen LogP contribution in [0.4, 0.5) is 14.5 Å². The molecule has 0 N–H and O–H groups in total. The standard InChI is InChI=1S/C24H28F2N2O/c1-2-24(29)28(19-11-8-18(25)9-12-19)21-13-14-27-16-17(7-10-20(27)15-21)22-5-3-4-6-23(22)26/h3-6,8-9,11-12,17,20-21H,2,7,10,13-16H2,1H3/t17-,20+,21+/m0/s1. The van der Waals surface area contributed by atoms with Gasteiger partial charge < -0.3 is 4.90 Å². The van der Waals surface area contributed by atoms with Crippen molar-refractivity contribution in [3.63, 3.8) is 0 Å². The maximum absolute atomic E-state index is 14.2. The predicted molar refractivity (Wildman–Crippen MR) is 111 cm³/mol. The highest BCUT2D eigenvalue weighted by Crippen LogP contribution is 2.37. The molecule has 2 aromatic carbocycles. The van der Waals surface area contributed by atoms with Gasteiger partial charge in [-0.2, -0.15) is 0 Å². The fourth-order valence-corrected chi connectivity index (χ4v) is 5.01. The van der Waals surface area contributed by atoms with Crippen LogP contribution in [0.1, 0.15) is 50.5 Å². The summed E-state index contributed by atoms with van der Waals surface area (Å²) >= 11 is 0. The highest BCUT2D eigenvalue weighted by molar-refractivity contribution is 5.93. The number of piperidine rings is 2. The number of halogens is 2. The Hall–Kier alpha value is -2.27. The smallest absolute Gasteiger partial charge is 0.226 e. The number of carbonyl (C=O) groups excluding carboxylic acids is 1. The van der Waals surface area contributed by atoms with E-state index in [1.165, 1.54) is 12.1 Å². The Morgan fingerprint density at radius 3 is 2.55 bits per heavy atom. The van der Waals surface area contributed by atoms with Gasteiger partial charge in [0.1, 0.15) is 11.6 Å². The van der Waals surface area contributed by atoms with E-state index >= 15 is 0 Å². The predicted octanol–water partition coefficient (Wildman–Crippen LogP) is 5.12. The first-order valence-electron chi connectivity index (χ1n) is 10.6. The summed E-state index contributed by atoms with van der Waals surface area (Å²) in [6, 6.07) is 13.9. The van der Waals surface area contributed by atoms with Gasteiger partial charge >= 0.3 is 0 Å². The van der Waals surface area contributed by atoms with Gasteiger partial charge in [-0.25, -0.2) is 8.78 Å². The SMILES string of the molecule is CCC(=O)N(c1ccc(F)cc1)[C@@H]1CCN2C[C@@H](c3ccccc3F)CC[C@@H]2C1. The number of nitrogens with zero attached hydrogens (tertiary/aromatic N) is 2. The van der Waals surface area contributed by atoms with E-state index < -0.39 is 0 Å². The molecule has 0 unspecified atom stereocenters. The van der Waals surface area contributed by atoms with Gasteiger partial charge in [-0.3, -0.25) is 9.69 Å². The third-order valence-electron chi connectivity index (χ3n) is 6.50. The van der Waals surface area contributed by atoms with Gasteiger partial charge in [-0.1, -0.05) is 25.1 Å². The van der Waals surface area contributed by atoms with E-state index in [1.54, 1.807) is 24.3 Å². The Bertz CT molecular complexity index is 854. The van der Waals surface area contributed by atoms with Gasteiger partial charge in [0.25, 0.3) is 0 Å². The normalized spacial score (nSPS) is 24.7. The molecule has 0 aromatic heterocycles. The van der Waals surface area contributed by atoms with Crippen molar-refractivity contribution in [2.75, 3.05) is 18.0 Å². The molecule has 3 atom stereocenters. The third-order valence-corrected chi connectivity index (χ3v) is 6.50. The fraction of sp³-hybridized carbons (Fsp3) is 0.458. The molecule has 5 heteroatoms. The molecule has 1 amide bonds. The molecule has 0 saturated carbocycles. The van der Waals surface area contributed by atoms with E-state index in [0.717, 1.165) is 50.0 Å². The molecular weight excluding hydrogens is 370 g/mol. The Morgan fingerprint density at radius 2 is 1.83 bits per heavy atom. The molecule has 0 spiro atoms. The van der Waals surface area contributed by atoms with Crippen molar-refractivity contribution < 1.29 is 13.6 Å². The second kappa shape index (κ2) is 8.62. The lowest BCUT2D eigenvalue weighted by Crippen LogP contribution is -2.54. The van der Waals surface area contributed by atoms with Crippen LogP contribution in [0.25, 0.3) is 0 Å². The number of amides is 1. The minimum Gasteiger partial charge on any atom is -0.309 e. The molecule has 2 aliphatic rings. The summed E-state index contributed by atoms with van der Waals surface area (Å²) in [6.07, 6.45) is 4.19. The van der Waals surface area contributed by atoms with Crippen molar-refractivity contribution in [1.82, 2.24) is 4.90 Å². The summed E-state index contributed by atoms with van der Waals surface area (Å²) in [6.45, 7) is 3.64. The first-order valence-corrected chi connectivity index (χ1v) is 10.6. The van der Waals surface area contributed by atoms with Crippen molar-refractivity contribution >= 4 is 11.6 Å². The lowest BCUT2D eigenvalue weighted by atomic mass is 9.82. The van der Waals surface area contributed by atoms with Crippen molar-refractivity contribution in [3.05, 3.63) is 65.7 Å². The summed E-state index contributed by atoms with van der Waals surface area (Å²) in [4.78, 5) is 17.1. The average molecular weight is 398 g/mol. The molecule has 3 nitrogen and oxygen atoms in total. The van der Waals surface area contributed by atoms with Crippen molar-refractivity contribution in [2.24, 2.45) is 0 Å². The molecule has 4 rings (SSSR count). The highest BCUT2D eigenvalue weighted by Gasteiger charge is 2.38. The van der Waals surface area contributed by atoms with Crippen LogP contribution in [0, 0.1) is 11.6 Å². The molecule has 0 radical (unpaired) electrons. The summed E-state index contributed by atoms with van der Waals surface area (Å²) in [5, 5.41) is 0. The minimum atomic E-state index is -0.293. The van der Waals surface area contributed by atoms with Crippen molar-refractivity contribution in [3.8, 4) is 0 Å². The Balaban J connectivity index is 1.47. The second-order valence-electron chi connectivity index (χ2n) is 8.22. The van der Waals surface area contributed by atoms with E-state index in [-0.39, 0.29) is 29.5 Å². The lowest BCUT2D eigenvalue weighted by Gasteiger charge is -2.47. The number of hydrogen-bond donors (Lipinski definition) is 0. The summed E-state index contributed by atoms with van der Waals surface area (Å²) in [7, 11) is 0. The molecule has 2 aromatic rings. The number of anilines is 1. The van der Waals surface area contributed by atoms with Crippen LogP contribution < -0.4 is 4.90 Å². The molecule has 2 heterocycles. The minimum absolute atomic E-state index is 0.0788. The molecule has 154 valence electrons. The van der Waals surface area contributed by atoms with E-state index in [4.69, 9.17) is 0 Å². The van der Waals surface area contributed by atoms with Crippen LogP contribution in [0.3, 0.4) is 0 Å². The van der Waals surface area contributed by atoms with Gasteiger partial charge in [0, 0.05) is 37.3 Å². The van der Waals surface area contributed by atoms with Crippen LogP contribution in [-0.2, 0) is 4.79 Å². The van der Waals surface area contributed by atoms with E-state index in [0.29, 0.717) is 12.5 Å². The monoisotopic (exact) mass is 398 g/mol. The van der Waals surface area contributed by atoms with Crippen LogP contribution in [-0.4, -0.2) is 36.0 Å². The second-order valence-corrected chi connectivity index (χ2v) is 8.22. The highest BCUT2D eigenvalue weighted by atomic mass is 19.1.